The van der Waals surface area contributed by atoms with E-state index in [1.54, 1.807) is 12.1 Å². The molecule has 0 saturated heterocycles. The molecular formula is C15H13IO2. The summed E-state index contributed by atoms with van der Waals surface area (Å²) in [6.45, 7) is 0. The summed E-state index contributed by atoms with van der Waals surface area (Å²) in [5.41, 5.74) is 1.40. The molecule has 0 unspecified atom stereocenters. The summed E-state index contributed by atoms with van der Waals surface area (Å²) >= 11 is 2.00. The smallest absolute Gasteiger partial charge is 0.178 e. The Hall–Kier alpha value is -1.20. The summed E-state index contributed by atoms with van der Waals surface area (Å²) in [4.78, 5) is 12.2. The van der Waals surface area contributed by atoms with Crippen molar-refractivity contribution < 1.29 is 9.90 Å². The molecule has 2 aromatic carbocycles. The van der Waals surface area contributed by atoms with Crippen molar-refractivity contribution in [2.24, 2.45) is 0 Å². The van der Waals surface area contributed by atoms with Crippen molar-refractivity contribution >= 4 is 28.4 Å². The molecule has 0 aliphatic rings. The Morgan fingerprint density at radius 2 is 1.44 bits per heavy atom. The number of Topliss-reactive ketones (excluding diaryl/α,β-unsaturated/α-hetero) is 1. The number of ketones is 1. The van der Waals surface area contributed by atoms with E-state index in [0.717, 1.165) is 5.56 Å². The molecule has 0 heterocycles. The Morgan fingerprint density at radius 1 is 0.944 bits per heavy atom. The molecule has 0 aliphatic heterocycles. The lowest BCUT2D eigenvalue weighted by Gasteiger charge is -2.16. The number of halogens is 1. The minimum atomic E-state index is -0.778. The molecule has 2 rings (SSSR count). The minimum Gasteiger partial charge on any atom is -0.387 e. The van der Waals surface area contributed by atoms with Gasteiger partial charge in [0.1, 0.15) is 3.92 Å². The molecule has 0 amide bonds. The zero-order chi connectivity index (χ0) is 13.0. The average molecular weight is 352 g/mol. The van der Waals surface area contributed by atoms with Crippen LogP contribution in [0.2, 0.25) is 0 Å². The highest BCUT2D eigenvalue weighted by Crippen LogP contribution is 2.25. The first kappa shape index (κ1) is 13.2. The fraction of sp³-hybridized carbons (Fsp3) is 0.133. The summed E-state index contributed by atoms with van der Waals surface area (Å²) < 4.78 is -0.479. The number of carbonyl (C=O) groups excluding carboxylic acids is 1. The van der Waals surface area contributed by atoms with Crippen LogP contribution in [0.25, 0.3) is 0 Å². The van der Waals surface area contributed by atoms with Crippen LogP contribution in [0, 0.1) is 0 Å². The number of rotatable bonds is 4. The highest BCUT2D eigenvalue weighted by Gasteiger charge is 2.25. The van der Waals surface area contributed by atoms with Crippen LogP contribution >= 0.6 is 22.6 Å². The van der Waals surface area contributed by atoms with Crippen molar-refractivity contribution in [1.82, 2.24) is 0 Å². The van der Waals surface area contributed by atoms with Crippen LogP contribution in [0.4, 0.5) is 0 Å². The van der Waals surface area contributed by atoms with Gasteiger partial charge in [0.25, 0.3) is 0 Å². The Labute approximate surface area is 120 Å². The molecule has 2 nitrogen and oxygen atoms in total. The first-order chi connectivity index (χ1) is 8.70. The fourth-order valence-corrected chi connectivity index (χ4v) is 2.50. The highest BCUT2D eigenvalue weighted by atomic mass is 127. The summed E-state index contributed by atoms with van der Waals surface area (Å²) in [5, 5.41) is 10.2. The van der Waals surface area contributed by atoms with Crippen LogP contribution in [0.3, 0.4) is 0 Å². The lowest BCUT2D eigenvalue weighted by atomic mass is 10.0. The van der Waals surface area contributed by atoms with E-state index in [-0.39, 0.29) is 5.78 Å². The number of hydrogen-bond donors (Lipinski definition) is 1. The SMILES string of the molecule is O=C(c1ccccc1)[C@@H](I)[C@@H](O)c1ccccc1. The molecule has 0 bridgehead atoms. The Morgan fingerprint density at radius 3 is 2.00 bits per heavy atom. The van der Waals surface area contributed by atoms with Gasteiger partial charge in [0.2, 0.25) is 0 Å². The molecule has 3 heteroatoms. The third kappa shape index (κ3) is 2.97. The third-order valence-corrected chi connectivity index (χ3v) is 3.97. The second-order valence-corrected chi connectivity index (χ2v) is 5.33. The molecular weight excluding hydrogens is 339 g/mol. The van der Waals surface area contributed by atoms with Crippen LogP contribution in [-0.2, 0) is 0 Å². The topological polar surface area (TPSA) is 37.3 Å². The van der Waals surface area contributed by atoms with Crippen molar-refractivity contribution in [3.8, 4) is 0 Å². The Balaban J connectivity index is 2.17. The largest absolute Gasteiger partial charge is 0.387 e. The number of benzene rings is 2. The Bertz CT molecular complexity index is 511. The van der Waals surface area contributed by atoms with E-state index in [2.05, 4.69) is 0 Å². The summed E-state index contributed by atoms with van der Waals surface area (Å²) in [5.74, 6) is -0.0486. The third-order valence-electron chi connectivity index (χ3n) is 2.73. The monoisotopic (exact) mass is 352 g/mol. The number of carbonyl (C=O) groups is 1. The standard InChI is InChI=1S/C15H13IO2/c16-13(14(17)11-7-3-1-4-8-11)15(18)12-9-5-2-6-10-12/h1-10,13-14,17H/t13-,14-/m0/s1. The molecule has 0 radical (unpaired) electrons. The van der Waals surface area contributed by atoms with Crippen molar-refractivity contribution in [2.75, 3.05) is 0 Å². The predicted molar refractivity (Wildman–Crippen MR) is 80.0 cm³/mol. The lowest BCUT2D eigenvalue weighted by molar-refractivity contribution is 0.0910. The van der Waals surface area contributed by atoms with Gasteiger partial charge < -0.3 is 5.11 Å². The number of aliphatic hydroxyl groups excluding tert-OH is 1. The van der Waals surface area contributed by atoms with Gasteiger partial charge in [-0.05, 0) is 5.56 Å². The van der Waals surface area contributed by atoms with E-state index < -0.39 is 10.0 Å². The molecule has 0 aromatic heterocycles. The van der Waals surface area contributed by atoms with Crippen LogP contribution < -0.4 is 0 Å². The molecule has 1 N–H and O–H groups in total. The molecule has 0 fully saturated rings. The summed E-state index contributed by atoms with van der Waals surface area (Å²) in [6.07, 6.45) is -0.778. The van der Waals surface area contributed by atoms with E-state index in [0.29, 0.717) is 5.56 Å². The number of hydrogen-bond acceptors (Lipinski definition) is 2. The van der Waals surface area contributed by atoms with Crippen LogP contribution in [0.5, 0.6) is 0 Å². The van der Waals surface area contributed by atoms with Gasteiger partial charge in [0, 0.05) is 5.56 Å². The fourth-order valence-electron chi connectivity index (χ4n) is 1.72. The van der Waals surface area contributed by atoms with Gasteiger partial charge >= 0.3 is 0 Å². The van der Waals surface area contributed by atoms with E-state index in [4.69, 9.17) is 0 Å². The van der Waals surface area contributed by atoms with E-state index in [1.807, 2.05) is 71.1 Å². The van der Waals surface area contributed by atoms with Gasteiger partial charge in [0.05, 0.1) is 6.10 Å². The zero-order valence-corrected chi connectivity index (χ0v) is 11.8. The van der Waals surface area contributed by atoms with Gasteiger partial charge in [-0.15, -0.1) is 0 Å². The van der Waals surface area contributed by atoms with Crippen molar-refractivity contribution in [3.63, 3.8) is 0 Å². The average Bonchev–Trinajstić information content (AvgIpc) is 2.47. The van der Waals surface area contributed by atoms with E-state index in [1.165, 1.54) is 0 Å². The van der Waals surface area contributed by atoms with E-state index in [9.17, 15) is 9.90 Å². The molecule has 0 spiro atoms. The highest BCUT2D eigenvalue weighted by molar-refractivity contribution is 14.1. The predicted octanol–water partition coefficient (Wildman–Crippen LogP) is 3.41. The van der Waals surface area contributed by atoms with Crippen LogP contribution in [-0.4, -0.2) is 14.8 Å². The molecule has 0 saturated carbocycles. The van der Waals surface area contributed by atoms with Crippen molar-refractivity contribution in [1.29, 1.82) is 0 Å². The van der Waals surface area contributed by atoms with Gasteiger partial charge in [-0.2, -0.15) is 0 Å². The molecule has 18 heavy (non-hydrogen) atoms. The minimum absolute atomic E-state index is 0.0486. The molecule has 2 atom stereocenters. The van der Waals surface area contributed by atoms with Gasteiger partial charge in [0.15, 0.2) is 5.78 Å². The van der Waals surface area contributed by atoms with E-state index >= 15 is 0 Å². The van der Waals surface area contributed by atoms with Crippen molar-refractivity contribution in [2.45, 2.75) is 10.0 Å². The number of alkyl halides is 1. The zero-order valence-electron chi connectivity index (χ0n) is 9.66. The van der Waals surface area contributed by atoms with Crippen molar-refractivity contribution in [3.05, 3.63) is 71.8 Å². The maximum Gasteiger partial charge on any atom is 0.178 e. The lowest BCUT2D eigenvalue weighted by Crippen LogP contribution is -2.22. The summed E-state index contributed by atoms with van der Waals surface area (Å²) in [6, 6.07) is 18.3. The quantitative estimate of drug-likeness (QED) is 0.520. The Kier molecular flexibility index (Phi) is 4.49. The number of aliphatic hydroxyl groups is 1. The molecule has 92 valence electrons. The summed E-state index contributed by atoms with van der Waals surface area (Å²) in [7, 11) is 0. The maximum atomic E-state index is 12.2. The first-order valence-corrected chi connectivity index (χ1v) is 6.91. The molecule has 2 aromatic rings. The second kappa shape index (κ2) is 6.11. The van der Waals surface area contributed by atoms with Crippen LogP contribution in [0.15, 0.2) is 60.7 Å². The molecule has 0 aliphatic carbocycles. The van der Waals surface area contributed by atoms with Gasteiger partial charge in [-0.3, -0.25) is 4.79 Å². The van der Waals surface area contributed by atoms with Crippen LogP contribution in [0.1, 0.15) is 22.0 Å². The maximum absolute atomic E-state index is 12.2. The second-order valence-electron chi connectivity index (χ2n) is 3.99. The van der Waals surface area contributed by atoms with Gasteiger partial charge in [-0.1, -0.05) is 83.3 Å². The van der Waals surface area contributed by atoms with Gasteiger partial charge in [-0.25, -0.2) is 0 Å². The normalized spacial score (nSPS) is 13.9. The first-order valence-electron chi connectivity index (χ1n) is 5.66.